The molecule has 0 saturated heterocycles. The van der Waals surface area contributed by atoms with Crippen molar-refractivity contribution in [3.05, 3.63) is 54.4 Å². The molecule has 2 aromatic rings. The van der Waals surface area contributed by atoms with E-state index in [2.05, 4.69) is 38.7 Å². The number of aromatic nitrogens is 1. The van der Waals surface area contributed by atoms with Crippen LogP contribution in [0.15, 0.2) is 53.7 Å². The molecule has 0 radical (unpaired) electrons. The predicted molar refractivity (Wildman–Crippen MR) is 104 cm³/mol. The third kappa shape index (κ3) is 4.24. The molecule has 0 bridgehead atoms. The second-order valence-corrected chi connectivity index (χ2v) is 9.00. The van der Waals surface area contributed by atoms with E-state index < -0.39 is 10.0 Å². The molecule has 5 nitrogen and oxygen atoms in total. The lowest BCUT2D eigenvalue weighted by Gasteiger charge is -2.28. The lowest BCUT2D eigenvalue weighted by Crippen LogP contribution is -2.53. The number of aryl methyl sites for hydroxylation is 1. The summed E-state index contributed by atoms with van der Waals surface area (Å²) in [4.78, 5) is 2.39. The van der Waals surface area contributed by atoms with Gasteiger partial charge in [0.2, 0.25) is 10.0 Å². The third-order valence-corrected chi connectivity index (χ3v) is 6.61. The van der Waals surface area contributed by atoms with E-state index in [9.17, 15) is 8.42 Å². The number of benzene rings is 1. The number of anilines is 1. The second-order valence-electron chi connectivity index (χ2n) is 7.29. The van der Waals surface area contributed by atoms with E-state index in [-0.39, 0.29) is 12.1 Å². The lowest BCUT2D eigenvalue weighted by molar-refractivity contribution is -0.727. The van der Waals surface area contributed by atoms with Crippen molar-refractivity contribution in [2.45, 2.75) is 49.6 Å². The van der Waals surface area contributed by atoms with Gasteiger partial charge in [-0.3, -0.25) is 0 Å². The summed E-state index contributed by atoms with van der Waals surface area (Å²) >= 11 is 0. The molecule has 26 heavy (non-hydrogen) atoms. The number of rotatable bonds is 5. The Labute approximate surface area is 156 Å². The van der Waals surface area contributed by atoms with Crippen molar-refractivity contribution < 1.29 is 13.0 Å². The maximum atomic E-state index is 12.8. The van der Waals surface area contributed by atoms with Crippen LogP contribution >= 0.6 is 0 Å². The van der Waals surface area contributed by atoms with Crippen LogP contribution in [0.2, 0.25) is 0 Å². The summed E-state index contributed by atoms with van der Waals surface area (Å²) < 4.78 is 30.7. The zero-order valence-corrected chi connectivity index (χ0v) is 16.5. The van der Waals surface area contributed by atoms with Crippen molar-refractivity contribution in [2.75, 3.05) is 19.0 Å². The van der Waals surface area contributed by atoms with Gasteiger partial charge in [-0.15, -0.1) is 0 Å². The van der Waals surface area contributed by atoms with E-state index in [0.717, 1.165) is 36.9 Å². The van der Waals surface area contributed by atoms with Crippen LogP contribution in [-0.4, -0.2) is 28.6 Å². The molecular weight excluding hydrogens is 346 g/mol. The molecular formula is C20H28N3O2S+. The fourth-order valence-corrected chi connectivity index (χ4v) is 4.84. The highest BCUT2D eigenvalue weighted by molar-refractivity contribution is 7.89. The van der Waals surface area contributed by atoms with Gasteiger partial charge in [0.25, 0.3) is 0 Å². The molecule has 1 heterocycles. The van der Waals surface area contributed by atoms with Gasteiger partial charge in [-0.25, -0.2) is 17.7 Å². The van der Waals surface area contributed by atoms with Crippen molar-refractivity contribution in [3.63, 3.8) is 0 Å². The Kier molecular flexibility index (Phi) is 5.63. The van der Waals surface area contributed by atoms with Crippen molar-refractivity contribution in [1.29, 1.82) is 0 Å². The van der Waals surface area contributed by atoms with Gasteiger partial charge in [-0.1, -0.05) is 24.1 Å². The molecule has 1 aliphatic carbocycles. The molecule has 1 saturated carbocycles. The summed E-state index contributed by atoms with van der Waals surface area (Å²) in [6.07, 6.45) is 8.12. The van der Waals surface area contributed by atoms with Crippen LogP contribution in [0, 0.1) is 6.92 Å². The Balaban J connectivity index is 1.81. The maximum absolute atomic E-state index is 12.8. The SMILES string of the molecule is Cc1ccc(S(=O)(=O)N[C@@H]2CCCCC2[n+]2ccc(N(C)C)cc2)cc1. The van der Waals surface area contributed by atoms with Crippen LogP contribution in [-0.2, 0) is 10.0 Å². The van der Waals surface area contributed by atoms with E-state index in [1.807, 2.05) is 33.2 Å². The summed E-state index contributed by atoms with van der Waals surface area (Å²) in [6.45, 7) is 1.95. The zero-order chi connectivity index (χ0) is 18.7. The van der Waals surface area contributed by atoms with Crippen LogP contribution in [0.3, 0.4) is 0 Å². The monoisotopic (exact) mass is 374 g/mol. The highest BCUT2D eigenvalue weighted by Crippen LogP contribution is 2.26. The maximum Gasteiger partial charge on any atom is 0.241 e. The quantitative estimate of drug-likeness (QED) is 0.819. The average molecular weight is 375 g/mol. The Hall–Kier alpha value is -1.92. The molecule has 6 heteroatoms. The first kappa shape index (κ1) is 18.9. The third-order valence-electron chi connectivity index (χ3n) is 5.10. The van der Waals surface area contributed by atoms with Gasteiger partial charge in [0, 0.05) is 38.3 Å². The number of hydrogen-bond donors (Lipinski definition) is 1. The van der Waals surface area contributed by atoms with E-state index in [0.29, 0.717) is 4.90 Å². The smallest absolute Gasteiger partial charge is 0.241 e. The molecule has 3 rings (SSSR count). The summed E-state index contributed by atoms with van der Waals surface area (Å²) in [5.41, 5.74) is 2.19. The van der Waals surface area contributed by atoms with E-state index in [1.54, 1.807) is 12.1 Å². The van der Waals surface area contributed by atoms with Crippen LogP contribution in [0.1, 0.15) is 37.3 Å². The summed E-state index contributed by atoms with van der Waals surface area (Å²) in [5.74, 6) is 0. The predicted octanol–water partition coefficient (Wildman–Crippen LogP) is 2.81. The van der Waals surface area contributed by atoms with E-state index in [4.69, 9.17) is 0 Å². The van der Waals surface area contributed by atoms with Crippen LogP contribution < -0.4 is 14.2 Å². The zero-order valence-electron chi connectivity index (χ0n) is 15.7. The number of nitrogens with one attached hydrogen (secondary N) is 1. The van der Waals surface area contributed by atoms with Crippen molar-refractivity contribution >= 4 is 15.7 Å². The van der Waals surface area contributed by atoms with E-state index in [1.165, 1.54) is 0 Å². The van der Waals surface area contributed by atoms with Crippen molar-refractivity contribution in [1.82, 2.24) is 4.72 Å². The molecule has 1 aromatic carbocycles. The molecule has 1 aliphatic rings. The van der Waals surface area contributed by atoms with Crippen molar-refractivity contribution in [3.8, 4) is 0 Å². The second kappa shape index (κ2) is 7.76. The van der Waals surface area contributed by atoms with Gasteiger partial charge in [-0.2, -0.15) is 0 Å². The first-order valence-corrected chi connectivity index (χ1v) is 10.6. The standard InChI is InChI=1S/C20H28N3O2S/c1-16-8-10-18(11-9-16)26(24,25)21-19-6-4-5-7-20(19)23-14-12-17(13-15-23)22(2)3/h8-15,19-21H,4-7H2,1-3H3/q+1/t19-,20?/m1/s1. The van der Waals surface area contributed by atoms with Crippen LogP contribution in [0.5, 0.6) is 0 Å². The average Bonchev–Trinajstić information content (AvgIpc) is 2.62. The fraction of sp³-hybridized carbons (Fsp3) is 0.450. The van der Waals surface area contributed by atoms with Gasteiger partial charge >= 0.3 is 0 Å². The Morgan fingerprint density at radius 3 is 2.23 bits per heavy atom. The summed E-state index contributed by atoms with van der Waals surface area (Å²) in [7, 11) is 0.515. The molecule has 2 atom stereocenters. The molecule has 1 N–H and O–H groups in total. The van der Waals surface area contributed by atoms with Gasteiger partial charge in [0.15, 0.2) is 18.4 Å². The highest BCUT2D eigenvalue weighted by atomic mass is 32.2. The van der Waals surface area contributed by atoms with Gasteiger partial charge in [0.1, 0.15) is 0 Å². The minimum absolute atomic E-state index is 0.0924. The lowest BCUT2D eigenvalue weighted by atomic mass is 9.91. The normalized spacial score (nSPS) is 20.7. The Morgan fingerprint density at radius 1 is 1.00 bits per heavy atom. The molecule has 1 unspecified atom stereocenters. The van der Waals surface area contributed by atoms with E-state index >= 15 is 0 Å². The van der Waals surface area contributed by atoms with Gasteiger partial charge in [0.05, 0.1) is 10.9 Å². The minimum Gasteiger partial charge on any atom is -0.377 e. The Bertz CT molecular complexity index is 830. The first-order valence-electron chi connectivity index (χ1n) is 9.14. The van der Waals surface area contributed by atoms with Gasteiger partial charge in [-0.05, 0) is 31.9 Å². The molecule has 1 aromatic heterocycles. The molecule has 0 spiro atoms. The number of sulfonamides is 1. The first-order chi connectivity index (χ1) is 12.4. The summed E-state index contributed by atoms with van der Waals surface area (Å²) in [6, 6.07) is 11.2. The molecule has 0 aliphatic heterocycles. The number of nitrogens with zero attached hydrogens (tertiary/aromatic N) is 2. The molecule has 0 amide bonds. The highest BCUT2D eigenvalue weighted by Gasteiger charge is 2.35. The van der Waals surface area contributed by atoms with Crippen molar-refractivity contribution in [2.24, 2.45) is 0 Å². The van der Waals surface area contributed by atoms with Gasteiger partial charge < -0.3 is 4.90 Å². The Morgan fingerprint density at radius 2 is 1.62 bits per heavy atom. The molecule has 1 fully saturated rings. The number of hydrogen-bond acceptors (Lipinski definition) is 3. The van der Waals surface area contributed by atoms with Crippen LogP contribution in [0.4, 0.5) is 5.69 Å². The fourth-order valence-electron chi connectivity index (χ4n) is 3.54. The minimum atomic E-state index is -3.51. The van der Waals surface area contributed by atoms with Crippen LogP contribution in [0.25, 0.3) is 0 Å². The number of pyridine rings is 1. The largest absolute Gasteiger partial charge is 0.377 e. The summed E-state index contributed by atoms with van der Waals surface area (Å²) in [5, 5.41) is 0. The topological polar surface area (TPSA) is 53.3 Å². The molecule has 140 valence electrons.